The van der Waals surface area contributed by atoms with Crippen LogP contribution in [0, 0.1) is 11.3 Å². The molecule has 5 nitrogen and oxygen atoms in total. The lowest BCUT2D eigenvalue weighted by Crippen LogP contribution is -2.83. The van der Waals surface area contributed by atoms with Crippen molar-refractivity contribution in [3.8, 4) is 6.07 Å². The second kappa shape index (κ2) is 10.2. The average molecular weight is 366 g/mol. The summed E-state index contributed by atoms with van der Waals surface area (Å²) in [5.41, 5.74) is 2.63. The summed E-state index contributed by atoms with van der Waals surface area (Å²) in [5.74, 6) is -3.01. The standard InChI is InChI=1S/C16H16N2O.C2HF3O2/c17-10-14-8-4-5-9-15(14)11-18-12-16(19)13-6-2-1-3-7-13;3-2(4,5)1(6)7/h1-9,16,18-19H,11-12H2;(H,6,7). The number of aliphatic carboxylic acids is 1. The van der Waals surface area contributed by atoms with Gasteiger partial charge in [-0.25, -0.2) is 0 Å². The van der Waals surface area contributed by atoms with Gasteiger partial charge in [0.05, 0.1) is 11.6 Å². The van der Waals surface area contributed by atoms with E-state index in [1.807, 2.05) is 59.9 Å². The van der Waals surface area contributed by atoms with Crippen molar-refractivity contribution in [3.63, 3.8) is 0 Å². The summed E-state index contributed by atoms with van der Waals surface area (Å²) in [6, 6.07) is 19.3. The van der Waals surface area contributed by atoms with Crippen LogP contribution in [-0.2, 0) is 11.3 Å². The molecule has 0 saturated carbocycles. The Morgan fingerprint density at radius 1 is 1.15 bits per heavy atom. The van der Waals surface area contributed by atoms with E-state index in [1.165, 1.54) is 0 Å². The van der Waals surface area contributed by atoms with E-state index in [0.717, 1.165) is 11.1 Å². The van der Waals surface area contributed by atoms with Gasteiger partial charge in [0.25, 0.3) is 0 Å². The van der Waals surface area contributed by atoms with Gasteiger partial charge in [0, 0.05) is 5.56 Å². The first-order valence-electron chi connectivity index (χ1n) is 7.56. The average Bonchev–Trinajstić information content (AvgIpc) is 2.62. The van der Waals surface area contributed by atoms with Gasteiger partial charge in [-0.15, -0.1) is 0 Å². The first kappa shape index (κ1) is 21.2. The van der Waals surface area contributed by atoms with Gasteiger partial charge in [-0.05, 0) is 11.6 Å². The number of carbonyl (C=O) groups is 1. The lowest BCUT2D eigenvalue weighted by Gasteiger charge is -2.10. The van der Waals surface area contributed by atoms with Crippen molar-refractivity contribution in [1.82, 2.24) is 0 Å². The summed E-state index contributed by atoms with van der Waals surface area (Å²) in [4.78, 5) is 8.78. The van der Waals surface area contributed by atoms with Gasteiger partial charge < -0.3 is 20.3 Å². The highest BCUT2D eigenvalue weighted by atomic mass is 19.4. The van der Waals surface area contributed by atoms with E-state index in [9.17, 15) is 18.3 Å². The van der Waals surface area contributed by atoms with Crippen LogP contribution in [-0.4, -0.2) is 23.8 Å². The molecule has 0 aliphatic carbocycles. The quantitative estimate of drug-likeness (QED) is 0.812. The Hall–Kier alpha value is -2.89. The van der Waals surface area contributed by atoms with Crippen LogP contribution < -0.4 is 10.4 Å². The number of halogens is 3. The number of aliphatic hydroxyl groups is 1. The number of nitrogens with two attached hydrogens (primary N) is 1. The van der Waals surface area contributed by atoms with Crippen molar-refractivity contribution in [1.29, 1.82) is 5.26 Å². The molecule has 8 heteroatoms. The smallest absolute Gasteiger partial charge is 0.430 e. The van der Waals surface area contributed by atoms with Crippen molar-refractivity contribution in [2.75, 3.05) is 6.54 Å². The minimum absolute atomic E-state index is 0.476. The zero-order valence-corrected chi connectivity index (χ0v) is 13.6. The Morgan fingerprint density at radius 3 is 2.23 bits per heavy atom. The number of aliphatic hydroxyl groups excluding tert-OH is 1. The Kier molecular flexibility index (Phi) is 8.28. The molecule has 0 aromatic heterocycles. The molecule has 3 N–H and O–H groups in total. The molecule has 2 aromatic carbocycles. The molecule has 0 heterocycles. The summed E-state index contributed by atoms with van der Waals surface area (Å²) in [5, 5.41) is 29.8. The fraction of sp³-hybridized carbons (Fsp3) is 0.222. The summed E-state index contributed by atoms with van der Waals surface area (Å²) in [6.07, 6.45) is -5.67. The number of carbonyl (C=O) groups excluding carboxylic acids is 1. The molecule has 26 heavy (non-hydrogen) atoms. The van der Waals surface area contributed by atoms with E-state index < -0.39 is 18.2 Å². The second-order valence-corrected chi connectivity index (χ2v) is 5.21. The van der Waals surface area contributed by atoms with Gasteiger partial charge in [-0.3, -0.25) is 0 Å². The molecule has 0 amide bonds. The Balaban J connectivity index is 0.000000412. The number of alkyl halides is 3. The van der Waals surface area contributed by atoms with Crippen molar-refractivity contribution in [2.45, 2.75) is 18.8 Å². The third-order valence-corrected chi connectivity index (χ3v) is 3.31. The van der Waals surface area contributed by atoms with Crippen LogP contribution in [0.15, 0.2) is 54.6 Å². The highest BCUT2D eigenvalue weighted by Crippen LogP contribution is 2.11. The molecular formula is C18H17F3N2O3. The highest BCUT2D eigenvalue weighted by molar-refractivity contribution is 5.70. The van der Waals surface area contributed by atoms with Gasteiger partial charge in [-0.1, -0.05) is 48.5 Å². The van der Waals surface area contributed by atoms with E-state index in [-0.39, 0.29) is 0 Å². The van der Waals surface area contributed by atoms with Gasteiger partial charge in [0.2, 0.25) is 0 Å². The van der Waals surface area contributed by atoms with E-state index in [2.05, 4.69) is 6.07 Å². The van der Waals surface area contributed by atoms with Crippen molar-refractivity contribution in [2.24, 2.45) is 0 Å². The number of hydrogen-bond donors (Lipinski definition) is 2. The number of carboxylic acid groups (broad SMARTS) is 1. The Morgan fingerprint density at radius 2 is 1.69 bits per heavy atom. The normalized spacial score (nSPS) is 11.7. The van der Waals surface area contributed by atoms with Crippen LogP contribution in [0.4, 0.5) is 13.2 Å². The number of benzene rings is 2. The number of hydrogen-bond acceptors (Lipinski definition) is 4. The first-order chi connectivity index (χ1) is 12.3. The monoisotopic (exact) mass is 366 g/mol. The molecule has 0 radical (unpaired) electrons. The van der Waals surface area contributed by atoms with Crippen molar-refractivity contribution >= 4 is 5.97 Å². The minimum Gasteiger partial charge on any atom is -0.542 e. The maximum Gasteiger partial charge on any atom is 0.430 e. The third kappa shape index (κ3) is 7.34. The highest BCUT2D eigenvalue weighted by Gasteiger charge is 2.28. The minimum atomic E-state index is -5.19. The predicted molar refractivity (Wildman–Crippen MR) is 84.1 cm³/mol. The first-order valence-corrected chi connectivity index (χ1v) is 7.56. The number of carboxylic acids is 1. The number of quaternary nitrogens is 1. The number of rotatable bonds is 5. The van der Waals surface area contributed by atoms with Crippen molar-refractivity contribution in [3.05, 3.63) is 71.3 Å². The zero-order chi connectivity index (χ0) is 19.6. The SMILES string of the molecule is N#Cc1ccccc1C[NH2+]CC(O)c1ccccc1.O=C([O-])C(F)(F)F. The maximum absolute atomic E-state index is 10.5. The lowest BCUT2D eigenvalue weighted by molar-refractivity contribution is -0.677. The summed E-state index contributed by atoms with van der Waals surface area (Å²) >= 11 is 0. The van der Waals surface area contributed by atoms with Crippen LogP contribution >= 0.6 is 0 Å². The van der Waals surface area contributed by atoms with E-state index in [0.29, 0.717) is 18.7 Å². The van der Waals surface area contributed by atoms with Crippen LogP contribution in [0.3, 0.4) is 0 Å². The summed E-state index contributed by atoms with van der Waals surface area (Å²) in [6.45, 7) is 1.29. The number of nitriles is 1. The lowest BCUT2D eigenvalue weighted by atomic mass is 10.1. The van der Waals surface area contributed by atoms with E-state index >= 15 is 0 Å². The Labute approximate surface area is 148 Å². The fourth-order valence-electron chi connectivity index (χ4n) is 2.02. The van der Waals surface area contributed by atoms with E-state index in [4.69, 9.17) is 15.2 Å². The molecule has 2 rings (SSSR count). The largest absolute Gasteiger partial charge is 0.542 e. The molecular weight excluding hydrogens is 349 g/mol. The molecule has 2 aromatic rings. The number of nitrogens with zero attached hydrogens (tertiary/aromatic N) is 1. The molecule has 0 bridgehead atoms. The second-order valence-electron chi connectivity index (χ2n) is 5.21. The maximum atomic E-state index is 10.5. The summed E-state index contributed by atoms with van der Waals surface area (Å²) < 4.78 is 31.5. The molecule has 0 saturated heterocycles. The molecule has 0 aliphatic rings. The molecule has 1 atom stereocenters. The van der Waals surface area contributed by atoms with Crippen LogP contribution in [0.2, 0.25) is 0 Å². The predicted octanol–water partition coefficient (Wildman–Crippen LogP) is 0.654. The van der Waals surface area contributed by atoms with Gasteiger partial charge >= 0.3 is 6.18 Å². The summed E-state index contributed by atoms with van der Waals surface area (Å²) in [7, 11) is 0. The fourth-order valence-corrected chi connectivity index (χ4v) is 2.02. The molecule has 0 spiro atoms. The Bertz CT molecular complexity index is 743. The van der Waals surface area contributed by atoms with Gasteiger partial charge in [0.15, 0.2) is 0 Å². The molecule has 138 valence electrons. The molecule has 1 unspecified atom stereocenters. The third-order valence-electron chi connectivity index (χ3n) is 3.31. The molecule has 0 aliphatic heterocycles. The van der Waals surface area contributed by atoms with Crippen LogP contribution in [0.25, 0.3) is 0 Å². The van der Waals surface area contributed by atoms with E-state index in [1.54, 1.807) is 0 Å². The van der Waals surface area contributed by atoms with Crippen molar-refractivity contribution < 1.29 is 33.5 Å². The van der Waals surface area contributed by atoms with Crippen LogP contribution in [0.5, 0.6) is 0 Å². The van der Waals surface area contributed by atoms with Crippen LogP contribution in [0.1, 0.15) is 22.8 Å². The van der Waals surface area contributed by atoms with Gasteiger partial charge in [0.1, 0.15) is 25.2 Å². The van der Waals surface area contributed by atoms with Gasteiger partial charge in [-0.2, -0.15) is 18.4 Å². The topological polar surface area (TPSA) is 101 Å². The molecule has 0 fully saturated rings. The zero-order valence-electron chi connectivity index (χ0n) is 13.6.